The zero-order chi connectivity index (χ0) is 22.7. The number of amides is 1. The number of carbonyl (C=O) groups excluding carboxylic acids is 1. The molecule has 1 aliphatic rings. The van der Waals surface area contributed by atoms with E-state index in [1.165, 1.54) is 0 Å². The summed E-state index contributed by atoms with van der Waals surface area (Å²) in [4.78, 5) is 38.3. The minimum absolute atomic E-state index is 0.0472. The third-order valence-electron chi connectivity index (χ3n) is 5.98. The van der Waals surface area contributed by atoms with Crippen molar-refractivity contribution in [2.75, 3.05) is 6.54 Å². The van der Waals surface area contributed by atoms with Crippen molar-refractivity contribution in [3.8, 4) is 11.4 Å². The van der Waals surface area contributed by atoms with Gasteiger partial charge in [0.2, 0.25) is 0 Å². The molecule has 7 nitrogen and oxygen atoms in total. The van der Waals surface area contributed by atoms with E-state index in [-0.39, 0.29) is 11.9 Å². The van der Waals surface area contributed by atoms with Crippen LogP contribution in [-0.4, -0.2) is 48.3 Å². The van der Waals surface area contributed by atoms with E-state index in [1.807, 2.05) is 43.9 Å². The average Bonchev–Trinajstić information content (AvgIpc) is 2.77. The molecule has 1 amide bonds. The number of likely N-dealkylation sites (tertiary alicyclic amines) is 1. The van der Waals surface area contributed by atoms with Gasteiger partial charge < -0.3 is 4.90 Å². The van der Waals surface area contributed by atoms with Crippen LogP contribution in [0.2, 0.25) is 0 Å². The van der Waals surface area contributed by atoms with Crippen molar-refractivity contribution in [2.45, 2.75) is 59.4 Å². The van der Waals surface area contributed by atoms with Gasteiger partial charge in [0.05, 0.1) is 5.56 Å². The Labute approximate surface area is 189 Å². The standard InChI is InChI=1S/C25H30N6O/c1-16-6-8-20(9-11-22-28-18(3)14-19(4)29-22)31(15-16)25(32)23-21(10-7-17(2)30-23)24-26-12-5-13-27-24/h5,7,10,12-14,16,20H,6,8-9,11,15H2,1-4H3/t16-,20-/m0/s1. The molecule has 32 heavy (non-hydrogen) atoms. The first-order valence-corrected chi connectivity index (χ1v) is 11.3. The molecule has 1 aliphatic heterocycles. The molecule has 0 spiro atoms. The summed E-state index contributed by atoms with van der Waals surface area (Å²) in [5, 5.41) is 0. The summed E-state index contributed by atoms with van der Waals surface area (Å²) in [6.45, 7) is 8.82. The van der Waals surface area contributed by atoms with E-state index in [2.05, 4.69) is 31.8 Å². The maximum absolute atomic E-state index is 13.8. The number of aromatic nitrogens is 5. The van der Waals surface area contributed by atoms with E-state index in [0.717, 1.165) is 55.1 Å². The Morgan fingerprint density at radius 2 is 1.72 bits per heavy atom. The predicted molar refractivity (Wildman–Crippen MR) is 123 cm³/mol. The maximum Gasteiger partial charge on any atom is 0.273 e. The normalized spacial score (nSPS) is 18.6. The number of piperidine rings is 1. The zero-order valence-corrected chi connectivity index (χ0v) is 19.2. The van der Waals surface area contributed by atoms with Gasteiger partial charge in [0.15, 0.2) is 5.82 Å². The number of nitrogens with zero attached hydrogens (tertiary/aromatic N) is 6. The predicted octanol–water partition coefficient (Wildman–Crippen LogP) is 4.13. The second kappa shape index (κ2) is 9.51. The molecule has 0 unspecified atom stereocenters. The first-order chi connectivity index (χ1) is 15.4. The molecule has 4 heterocycles. The van der Waals surface area contributed by atoms with Gasteiger partial charge in [-0.05, 0) is 70.2 Å². The Morgan fingerprint density at radius 1 is 1.00 bits per heavy atom. The van der Waals surface area contributed by atoms with Crippen molar-refractivity contribution >= 4 is 5.91 Å². The van der Waals surface area contributed by atoms with Crippen LogP contribution in [0.1, 0.15) is 59.6 Å². The van der Waals surface area contributed by atoms with E-state index < -0.39 is 0 Å². The Bertz CT molecular complexity index is 1080. The summed E-state index contributed by atoms with van der Waals surface area (Å²) in [5.41, 5.74) is 3.87. The van der Waals surface area contributed by atoms with Crippen molar-refractivity contribution in [1.82, 2.24) is 29.8 Å². The molecule has 0 saturated carbocycles. The van der Waals surface area contributed by atoms with Gasteiger partial charge >= 0.3 is 0 Å². The largest absolute Gasteiger partial charge is 0.334 e. The topological polar surface area (TPSA) is 84.8 Å². The van der Waals surface area contributed by atoms with Crippen molar-refractivity contribution in [3.63, 3.8) is 0 Å². The van der Waals surface area contributed by atoms with Gasteiger partial charge in [-0.15, -0.1) is 0 Å². The number of hydrogen-bond acceptors (Lipinski definition) is 6. The van der Waals surface area contributed by atoms with Crippen LogP contribution in [0, 0.1) is 26.7 Å². The van der Waals surface area contributed by atoms with Crippen LogP contribution in [0.25, 0.3) is 11.4 Å². The third kappa shape index (κ3) is 4.98. The van der Waals surface area contributed by atoms with Gasteiger partial charge in [-0.25, -0.2) is 24.9 Å². The van der Waals surface area contributed by atoms with Crippen molar-refractivity contribution in [1.29, 1.82) is 0 Å². The van der Waals surface area contributed by atoms with Crippen LogP contribution in [0.3, 0.4) is 0 Å². The maximum atomic E-state index is 13.8. The van der Waals surface area contributed by atoms with Crippen molar-refractivity contribution in [2.24, 2.45) is 5.92 Å². The van der Waals surface area contributed by atoms with E-state index in [9.17, 15) is 4.79 Å². The summed E-state index contributed by atoms with van der Waals surface area (Å²) in [6.07, 6.45) is 7.04. The molecule has 3 aromatic heterocycles. The molecule has 2 atom stereocenters. The average molecular weight is 431 g/mol. The monoisotopic (exact) mass is 430 g/mol. The van der Waals surface area contributed by atoms with E-state index in [4.69, 9.17) is 0 Å². The third-order valence-corrected chi connectivity index (χ3v) is 5.98. The Balaban J connectivity index is 1.61. The lowest BCUT2D eigenvalue weighted by atomic mass is 9.91. The van der Waals surface area contributed by atoms with E-state index >= 15 is 0 Å². The van der Waals surface area contributed by atoms with Gasteiger partial charge in [0, 0.05) is 48.5 Å². The highest BCUT2D eigenvalue weighted by atomic mass is 16.2. The Hall–Kier alpha value is -3.22. The molecule has 1 saturated heterocycles. The Kier molecular flexibility index (Phi) is 6.53. The van der Waals surface area contributed by atoms with Crippen LogP contribution in [-0.2, 0) is 6.42 Å². The highest BCUT2D eigenvalue weighted by Gasteiger charge is 2.32. The molecule has 7 heteroatoms. The fourth-order valence-electron chi connectivity index (χ4n) is 4.44. The quantitative estimate of drug-likeness (QED) is 0.605. The van der Waals surface area contributed by atoms with Crippen molar-refractivity contribution in [3.05, 3.63) is 65.3 Å². The second-order valence-electron chi connectivity index (χ2n) is 8.82. The lowest BCUT2D eigenvalue weighted by Gasteiger charge is -2.39. The lowest BCUT2D eigenvalue weighted by Crippen LogP contribution is -2.47. The van der Waals surface area contributed by atoms with E-state index in [0.29, 0.717) is 23.0 Å². The molecule has 3 aromatic rings. The second-order valence-corrected chi connectivity index (χ2v) is 8.82. The summed E-state index contributed by atoms with van der Waals surface area (Å²) in [5.74, 6) is 1.78. The van der Waals surface area contributed by atoms with Crippen LogP contribution >= 0.6 is 0 Å². The van der Waals surface area contributed by atoms with Crippen LogP contribution in [0.4, 0.5) is 0 Å². The van der Waals surface area contributed by atoms with Crippen LogP contribution in [0.5, 0.6) is 0 Å². The SMILES string of the molecule is Cc1cc(C)nc(CC[C@@H]2CC[C@H](C)CN2C(=O)c2nc(C)ccc2-c2ncccn2)n1. The number of carbonyl (C=O) groups is 1. The van der Waals surface area contributed by atoms with Gasteiger partial charge in [-0.2, -0.15) is 0 Å². The summed E-state index contributed by atoms with van der Waals surface area (Å²) in [7, 11) is 0. The number of hydrogen-bond donors (Lipinski definition) is 0. The lowest BCUT2D eigenvalue weighted by molar-refractivity contribution is 0.0527. The zero-order valence-electron chi connectivity index (χ0n) is 19.2. The highest BCUT2D eigenvalue weighted by molar-refractivity contribution is 5.98. The van der Waals surface area contributed by atoms with Crippen LogP contribution < -0.4 is 0 Å². The Morgan fingerprint density at radius 3 is 2.44 bits per heavy atom. The first kappa shape index (κ1) is 22.0. The molecule has 4 rings (SSSR count). The first-order valence-electron chi connectivity index (χ1n) is 11.3. The highest BCUT2D eigenvalue weighted by Crippen LogP contribution is 2.28. The molecular weight excluding hydrogens is 400 g/mol. The number of aryl methyl sites for hydroxylation is 4. The summed E-state index contributed by atoms with van der Waals surface area (Å²) < 4.78 is 0. The van der Waals surface area contributed by atoms with Crippen LogP contribution in [0.15, 0.2) is 36.7 Å². The fourth-order valence-corrected chi connectivity index (χ4v) is 4.44. The molecule has 0 N–H and O–H groups in total. The molecule has 0 bridgehead atoms. The van der Waals surface area contributed by atoms with E-state index in [1.54, 1.807) is 18.5 Å². The minimum atomic E-state index is -0.0472. The summed E-state index contributed by atoms with van der Waals surface area (Å²) in [6, 6.07) is 7.68. The van der Waals surface area contributed by atoms with Gasteiger partial charge in [-0.1, -0.05) is 6.92 Å². The molecular formula is C25H30N6O. The number of pyridine rings is 1. The number of rotatable bonds is 5. The molecule has 0 aliphatic carbocycles. The minimum Gasteiger partial charge on any atom is -0.334 e. The fraction of sp³-hybridized carbons (Fsp3) is 0.440. The molecule has 0 aromatic carbocycles. The molecule has 1 fully saturated rings. The van der Waals surface area contributed by atoms with Gasteiger partial charge in [0.25, 0.3) is 5.91 Å². The summed E-state index contributed by atoms with van der Waals surface area (Å²) >= 11 is 0. The molecule has 166 valence electrons. The van der Waals surface area contributed by atoms with Crippen molar-refractivity contribution < 1.29 is 4.79 Å². The van der Waals surface area contributed by atoms with Gasteiger partial charge in [-0.3, -0.25) is 4.79 Å². The van der Waals surface area contributed by atoms with Gasteiger partial charge in [0.1, 0.15) is 11.5 Å². The smallest absolute Gasteiger partial charge is 0.273 e. The molecule has 0 radical (unpaired) electrons.